The Morgan fingerprint density at radius 3 is 2.69 bits per heavy atom. The zero-order valence-corrected chi connectivity index (χ0v) is 19.7. The van der Waals surface area contributed by atoms with Crippen LogP contribution in [0, 0.1) is 0 Å². The van der Waals surface area contributed by atoms with Gasteiger partial charge in [-0.15, -0.1) is 11.3 Å². The summed E-state index contributed by atoms with van der Waals surface area (Å²) in [5.41, 5.74) is 1.19. The molecule has 32 heavy (non-hydrogen) atoms. The standard InChI is InChI=1S/C23H22N2O5S2/c1-5-30-22(27)18-13(2)24-23-25(21(26)17(32-23)12-14-8-7-11-31-14)19(18)15-9-6-10-16(28-3)20(15)29-4/h6-12,19H,5H2,1-4H3. The molecule has 1 unspecified atom stereocenters. The molecule has 0 saturated heterocycles. The molecule has 3 aromatic rings. The average molecular weight is 471 g/mol. The highest BCUT2D eigenvalue weighted by Gasteiger charge is 2.35. The minimum absolute atomic E-state index is 0.209. The van der Waals surface area contributed by atoms with Gasteiger partial charge in [-0.3, -0.25) is 9.36 Å². The first-order valence-corrected chi connectivity index (χ1v) is 11.6. The van der Waals surface area contributed by atoms with Gasteiger partial charge in [0.25, 0.3) is 5.56 Å². The van der Waals surface area contributed by atoms with Gasteiger partial charge < -0.3 is 14.2 Å². The first kappa shape index (κ1) is 22.0. The Morgan fingerprint density at radius 2 is 2.03 bits per heavy atom. The molecule has 0 aliphatic carbocycles. The van der Waals surface area contributed by atoms with E-state index in [1.165, 1.54) is 18.4 Å². The number of ether oxygens (including phenoxy) is 3. The second kappa shape index (κ2) is 9.13. The molecule has 7 nitrogen and oxygen atoms in total. The molecule has 0 radical (unpaired) electrons. The molecular weight excluding hydrogens is 448 g/mol. The molecule has 1 atom stereocenters. The zero-order chi connectivity index (χ0) is 22.8. The molecule has 166 valence electrons. The van der Waals surface area contributed by atoms with Gasteiger partial charge in [0, 0.05) is 10.4 Å². The highest BCUT2D eigenvalue weighted by atomic mass is 32.1. The highest BCUT2D eigenvalue weighted by Crippen LogP contribution is 2.40. The number of thiazole rings is 1. The van der Waals surface area contributed by atoms with Gasteiger partial charge in [0.2, 0.25) is 0 Å². The van der Waals surface area contributed by atoms with Crippen LogP contribution in [0.25, 0.3) is 6.08 Å². The number of carbonyl (C=O) groups is 1. The van der Waals surface area contributed by atoms with Gasteiger partial charge in [0.1, 0.15) is 6.04 Å². The highest BCUT2D eigenvalue weighted by molar-refractivity contribution is 7.11. The summed E-state index contributed by atoms with van der Waals surface area (Å²) in [5, 5.41) is 1.95. The number of carbonyl (C=O) groups excluding carboxylic acids is 1. The van der Waals surface area contributed by atoms with E-state index in [4.69, 9.17) is 14.2 Å². The lowest BCUT2D eigenvalue weighted by atomic mass is 9.94. The van der Waals surface area contributed by atoms with Gasteiger partial charge >= 0.3 is 5.97 Å². The third-order valence-corrected chi connectivity index (χ3v) is 6.86. The van der Waals surface area contributed by atoms with E-state index in [-0.39, 0.29) is 12.2 Å². The average Bonchev–Trinajstić information content (AvgIpc) is 3.40. The summed E-state index contributed by atoms with van der Waals surface area (Å²) in [6.45, 7) is 3.70. The Hall–Kier alpha value is -3.17. The maximum absolute atomic E-state index is 13.6. The fourth-order valence-electron chi connectivity index (χ4n) is 3.72. The number of methoxy groups -OCH3 is 2. The van der Waals surface area contributed by atoms with Crippen LogP contribution in [0.15, 0.2) is 56.8 Å². The van der Waals surface area contributed by atoms with Crippen molar-refractivity contribution < 1.29 is 19.0 Å². The van der Waals surface area contributed by atoms with Crippen molar-refractivity contribution in [1.82, 2.24) is 4.57 Å². The first-order chi connectivity index (χ1) is 15.5. The van der Waals surface area contributed by atoms with Crippen molar-refractivity contribution in [1.29, 1.82) is 0 Å². The number of allylic oxidation sites excluding steroid dienone is 1. The fourth-order valence-corrected chi connectivity index (χ4v) is 5.49. The number of esters is 1. The van der Waals surface area contributed by atoms with Crippen LogP contribution in [-0.4, -0.2) is 31.4 Å². The van der Waals surface area contributed by atoms with Crippen LogP contribution in [0.2, 0.25) is 0 Å². The van der Waals surface area contributed by atoms with E-state index in [1.807, 2.05) is 29.7 Å². The van der Waals surface area contributed by atoms with Gasteiger partial charge in [-0.1, -0.05) is 29.5 Å². The summed E-state index contributed by atoms with van der Waals surface area (Å²) < 4.78 is 18.5. The minimum atomic E-state index is -0.763. The molecule has 3 heterocycles. The lowest BCUT2D eigenvalue weighted by Gasteiger charge is -2.26. The Bertz CT molecular complexity index is 1370. The van der Waals surface area contributed by atoms with Crippen LogP contribution in [0.3, 0.4) is 0 Å². The van der Waals surface area contributed by atoms with Gasteiger partial charge in [-0.25, -0.2) is 9.79 Å². The lowest BCUT2D eigenvalue weighted by molar-refractivity contribution is -0.139. The molecular formula is C23H22N2O5S2. The van der Waals surface area contributed by atoms with Gasteiger partial charge in [-0.2, -0.15) is 0 Å². The summed E-state index contributed by atoms with van der Waals surface area (Å²) in [6.07, 6.45) is 1.84. The Labute approximate surface area is 192 Å². The number of para-hydroxylation sites is 1. The van der Waals surface area contributed by atoms with Crippen molar-refractivity contribution in [3.8, 4) is 11.5 Å². The van der Waals surface area contributed by atoms with E-state index in [0.29, 0.717) is 37.7 Å². The van der Waals surface area contributed by atoms with Crippen molar-refractivity contribution in [2.24, 2.45) is 4.99 Å². The Kier molecular flexibility index (Phi) is 6.29. The number of nitrogens with zero attached hydrogens (tertiary/aromatic N) is 2. The Balaban J connectivity index is 2.03. The normalized spacial score (nSPS) is 15.9. The number of benzene rings is 1. The molecule has 0 saturated carbocycles. The fraction of sp³-hybridized carbons (Fsp3) is 0.261. The van der Waals surface area contributed by atoms with Gasteiger partial charge in [-0.05, 0) is 37.4 Å². The van der Waals surface area contributed by atoms with Crippen LogP contribution in [-0.2, 0) is 9.53 Å². The van der Waals surface area contributed by atoms with Crippen LogP contribution in [0.1, 0.15) is 30.3 Å². The van der Waals surface area contributed by atoms with Crippen LogP contribution in [0.5, 0.6) is 11.5 Å². The number of hydrogen-bond acceptors (Lipinski definition) is 8. The molecule has 2 aromatic heterocycles. The van der Waals surface area contributed by atoms with E-state index in [2.05, 4.69) is 4.99 Å². The number of thiophene rings is 1. The summed E-state index contributed by atoms with van der Waals surface area (Å²) in [4.78, 5) is 32.6. The van der Waals surface area contributed by atoms with Gasteiger partial charge in [0.05, 0.1) is 36.6 Å². The van der Waals surface area contributed by atoms with Crippen molar-refractivity contribution in [2.45, 2.75) is 19.9 Å². The molecule has 0 N–H and O–H groups in total. The van der Waals surface area contributed by atoms with Crippen molar-refractivity contribution in [3.63, 3.8) is 0 Å². The third kappa shape index (κ3) is 3.78. The summed E-state index contributed by atoms with van der Waals surface area (Å²) in [7, 11) is 3.07. The second-order valence-electron chi connectivity index (χ2n) is 6.90. The summed E-state index contributed by atoms with van der Waals surface area (Å²) in [5.74, 6) is 0.434. The predicted molar refractivity (Wildman–Crippen MR) is 124 cm³/mol. The zero-order valence-electron chi connectivity index (χ0n) is 18.1. The molecule has 9 heteroatoms. The number of fused-ring (bicyclic) bond motifs is 1. The number of rotatable bonds is 6. The largest absolute Gasteiger partial charge is 0.493 e. The van der Waals surface area contributed by atoms with E-state index in [1.54, 1.807) is 49.0 Å². The maximum atomic E-state index is 13.6. The Morgan fingerprint density at radius 1 is 1.22 bits per heavy atom. The topological polar surface area (TPSA) is 79.1 Å². The van der Waals surface area contributed by atoms with Gasteiger partial charge in [0.15, 0.2) is 16.3 Å². The molecule has 1 aromatic carbocycles. The predicted octanol–water partition coefficient (Wildman–Crippen LogP) is 2.88. The molecule has 1 aliphatic rings. The van der Waals surface area contributed by atoms with Crippen LogP contribution < -0.4 is 24.4 Å². The number of hydrogen-bond donors (Lipinski definition) is 0. The third-order valence-electron chi connectivity index (χ3n) is 5.06. The second-order valence-corrected chi connectivity index (χ2v) is 8.89. The molecule has 1 aliphatic heterocycles. The minimum Gasteiger partial charge on any atom is -0.493 e. The van der Waals surface area contributed by atoms with Crippen molar-refractivity contribution >= 4 is 34.7 Å². The summed E-state index contributed by atoms with van der Waals surface area (Å²) >= 11 is 2.83. The van der Waals surface area contributed by atoms with E-state index in [0.717, 1.165) is 4.88 Å². The molecule has 4 rings (SSSR count). The van der Waals surface area contributed by atoms with E-state index < -0.39 is 12.0 Å². The van der Waals surface area contributed by atoms with Crippen LogP contribution >= 0.6 is 22.7 Å². The molecule has 0 amide bonds. The monoisotopic (exact) mass is 470 g/mol. The molecule has 0 fully saturated rings. The van der Waals surface area contributed by atoms with Crippen LogP contribution in [0.4, 0.5) is 0 Å². The molecule has 0 bridgehead atoms. The number of aromatic nitrogens is 1. The SMILES string of the molecule is CCOC(=O)C1=C(C)N=c2sc(=Cc3cccs3)c(=O)n2C1c1cccc(OC)c1OC. The molecule has 0 spiro atoms. The lowest BCUT2D eigenvalue weighted by Crippen LogP contribution is -2.40. The van der Waals surface area contributed by atoms with Crippen molar-refractivity contribution in [3.05, 3.63) is 77.1 Å². The summed E-state index contributed by atoms with van der Waals surface area (Å²) in [6, 6.07) is 8.50. The van der Waals surface area contributed by atoms with E-state index >= 15 is 0 Å². The van der Waals surface area contributed by atoms with Crippen molar-refractivity contribution in [2.75, 3.05) is 20.8 Å². The smallest absolute Gasteiger partial charge is 0.338 e. The first-order valence-electron chi connectivity index (χ1n) is 9.94. The van der Waals surface area contributed by atoms with E-state index in [9.17, 15) is 9.59 Å². The quantitative estimate of drug-likeness (QED) is 0.518. The maximum Gasteiger partial charge on any atom is 0.338 e.